The number of ether oxygens (including phenoxy) is 2. The fraction of sp³-hybridized carbons (Fsp3) is 0.406. The molecule has 0 saturated heterocycles. The van der Waals surface area contributed by atoms with E-state index in [0.29, 0.717) is 27.7 Å². The number of nitriles is 1. The molecule has 2 unspecified atom stereocenters. The minimum Gasteiger partial charge on any atom is -0.497 e. The van der Waals surface area contributed by atoms with Crippen molar-refractivity contribution in [2.24, 2.45) is 0 Å². The third-order valence-corrected chi connectivity index (χ3v) is 9.04. The van der Waals surface area contributed by atoms with Crippen LogP contribution in [0.15, 0.2) is 47.3 Å². The van der Waals surface area contributed by atoms with Crippen LogP contribution in [-0.2, 0) is 16.1 Å². The SMILES string of the molecule is CCCCCOC(=O)C(C#N)=c1sc(=Cc2ccc3c(c2)C2CCCC2N3c2ccc(OC)cc2)c(=O)n1CC. The van der Waals surface area contributed by atoms with E-state index >= 15 is 0 Å². The number of unbranched alkanes of at least 4 members (excludes halogenated alkanes) is 2. The zero-order valence-electron chi connectivity index (χ0n) is 23.3. The van der Waals surface area contributed by atoms with Crippen molar-refractivity contribution >= 4 is 40.3 Å². The largest absolute Gasteiger partial charge is 0.497 e. The summed E-state index contributed by atoms with van der Waals surface area (Å²) in [5.41, 5.74) is 4.30. The number of methoxy groups -OCH3 is 1. The van der Waals surface area contributed by atoms with Crippen molar-refractivity contribution in [3.05, 3.63) is 73.1 Å². The first-order valence-corrected chi connectivity index (χ1v) is 14.9. The highest BCUT2D eigenvalue weighted by Gasteiger charge is 2.42. The second-order valence-electron chi connectivity index (χ2n) is 10.3. The summed E-state index contributed by atoms with van der Waals surface area (Å²) in [6.07, 6.45) is 8.06. The van der Waals surface area contributed by atoms with Gasteiger partial charge in [-0.3, -0.25) is 9.36 Å². The van der Waals surface area contributed by atoms with Gasteiger partial charge in [0, 0.05) is 29.9 Å². The van der Waals surface area contributed by atoms with Crippen molar-refractivity contribution in [2.75, 3.05) is 18.6 Å². The van der Waals surface area contributed by atoms with E-state index in [-0.39, 0.29) is 17.7 Å². The Hall–Kier alpha value is -3.83. The minimum atomic E-state index is -0.669. The maximum atomic E-state index is 13.3. The summed E-state index contributed by atoms with van der Waals surface area (Å²) >= 11 is 1.18. The van der Waals surface area contributed by atoms with Gasteiger partial charge in [-0.15, -0.1) is 11.3 Å². The van der Waals surface area contributed by atoms with Crippen LogP contribution in [0.25, 0.3) is 11.6 Å². The number of thiazole rings is 1. The fourth-order valence-corrected chi connectivity index (χ4v) is 7.11. The van der Waals surface area contributed by atoms with E-state index in [2.05, 4.69) is 36.1 Å². The van der Waals surface area contributed by atoms with Crippen LogP contribution in [0.3, 0.4) is 0 Å². The molecule has 2 heterocycles. The van der Waals surface area contributed by atoms with E-state index in [1.54, 1.807) is 7.11 Å². The lowest BCUT2D eigenvalue weighted by Crippen LogP contribution is -2.32. The summed E-state index contributed by atoms with van der Waals surface area (Å²) in [7, 11) is 1.68. The molecular weight excluding hydrogens is 522 g/mol. The summed E-state index contributed by atoms with van der Waals surface area (Å²) < 4.78 is 13.0. The Morgan fingerprint density at radius 2 is 1.95 bits per heavy atom. The molecule has 5 rings (SSSR count). The molecule has 1 fully saturated rings. The monoisotopic (exact) mass is 557 g/mol. The Labute approximate surface area is 238 Å². The van der Waals surface area contributed by atoms with Crippen molar-refractivity contribution in [3.63, 3.8) is 0 Å². The van der Waals surface area contributed by atoms with Crippen molar-refractivity contribution in [2.45, 2.75) is 70.9 Å². The second-order valence-corrected chi connectivity index (χ2v) is 11.3. The first kappa shape index (κ1) is 27.7. The molecule has 1 aliphatic carbocycles. The van der Waals surface area contributed by atoms with Gasteiger partial charge in [-0.25, -0.2) is 4.79 Å². The molecule has 208 valence electrons. The molecule has 0 radical (unpaired) electrons. The lowest BCUT2D eigenvalue weighted by molar-refractivity contribution is -0.136. The Morgan fingerprint density at radius 1 is 1.15 bits per heavy atom. The van der Waals surface area contributed by atoms with Crippen LogP contribution >= 0.6 is 11.3 Å². The fourth-order valence-electron chi connectivity index (χ4n) is 5.96. The third kappa shape index (κ3) is 5.18. The molecule has 0 N–H and O–H groups in total. The van der Waals surface area contributed by atoms with Gasteiger partial charge in [0.1, 0.15) is 16.5 Å². The van der Waals surface area contributed by atoms with Gasteiger partial charge in [0.15, 0.2) is 5.57 Å². The molecule has 40 heavy (non-hydrogen) atoms. The molecule has 8 heteroatoms. The molecule has 2 aromatic carbocycles. The number of nitrogens with zero attached hydrogens (tertiary/aromatic N) is 3. The number of hydrogen-bond donors (Lipinski definition) is 0. The Morgan fingerprint density at radius 3 is 2.65 bits per heavy atom. The first-order valence-electron chi connectivity index (χ1n) is 14.1. The van der Waals surface area contributed by atoms with Gasteiger partial charge in [0.2, 0.25) is 0 Å². The van der Waals surface area contributed by atoms with Crippen molar-refractivity contribution in [1.29, 1.82) is 5.26 Å². The molecule has 1 saturated carbocycles. The molecular formula is C32H35N3O4S. The quantitative estimate of drug-likeness (QED) is 0.273. The summed E-state index contributed by atoms with van der Waals surface area (Å²) in [6, 6.07) is 17.0. The Kier molecular flexibility index (Phi) is 8.41. The van der Waals surface area contributed by atoms with Gasteiger partial charge in [-0.05, 0) is 79.8 Å². The van der Waals surface area contributed by atoms with Crippen LogP contribution in [-0.4, -0.2) is 30.3 Å². The van der Waals surface area contributed by atoms with E-state index in [1.165, 1.54) is 33.6 Å². The molecule has 0 spiro atoms. The van der Waals surface area contributed by atoms with Crippen LogP contribution in [0, 0.1) is 11.3 Å². The van der Waals surface area contributed by atoms with Gasteiger partial charge < -0.3 is 14.4 Å². The molecule has 7 nitrogen and oxygen atoms in total. The minimum absolute atomic E-state index is 0.113. The highest BCUT2D eigenvalue weighted by atomic mass is 32.1. The zero-order chi connectivity index (χ0) is 28.2. The van der Waals surface area contributed by atoms with E-state index in [0.717, 1.165) is 49.1 Å². The van der Waals surface area contributed by atoms with Crippen molar-refractivity contribution < 1.29 is 14.3 Å². The molecule has 0 bridgehead atoms. The predicted molar refractivity (Wildman–Crippen MR) is 159 cm³/mol. The first-order chi connectivity index (χ1) is 19.5. The number of rotatable bonds is 9. The molecule has 0 amide bonds. The maximum Gasteiger partial charge on any atom is 0.351 e. The van der Waals surface area contributed by atoms with Crippen LogP contribution in [0.5, 0.6) is 5.75 Å². The summed E-state index contributed by atoms with van der Waals surface area (Å²) in [6.45, 7) is 4.54. The van der Waals surface area contributed by atoms with E-state index in [9.17, 15) is 14.9 Å². The number of carbonyl (C=O) groups is 1. The van der Waals surface area contributed by atoms with Crippen LogP contribution in [0.1, 0.15) is 69.4 Å². The van der Waals surface area contributed by atoms with Crippen LogP contribution < -0.4 is 24.4 Å². The Bertz CT molecular complexity index is 1610. The summed E-state index contributed by atoms with van der Waals surface area (Å²) in [5.74, 6) is 0.611. The number of carbonyl (C=O) groups excluding carboxylic acids is 1. The number of hydrogen-bond acceptors (Lipinski definition) is 7. The average Bonchev–Trinajstić information content (AvgIpc) is 3.65. The third-order valence-electron chi connectivity index (χ3n) is 7.90. The van der Waals surface area contributed by atoms with E-state index in [4.69, 9.17) is 9.47 Å². The van der Waals surface area contributed by atoms with Crippen LogP contribution in [0.2, 0.25) is 0 Å². The molecule has 3 aromatic rings. The molecule has 1 aliphatic heterocycles. The standard InChI is InChI=1S/C32H35N3O4S/c1-4-6-7-17-39-32(37)26(20-33)31-34(5-2)30(36)29(40-31)19-21-11-16-28-25(18-21)24-9-8-10-27(24)35(28)22-12-14-23(38-3)15-13-22/h11-16,18-19,24,27H,4-10,17H2,1-3H3. The highest BCUT2D eigenvalue weighted by Crippen LogP contribution is 2.52. The van der Waals surface area contributed by atoms with Crippen molar-refractivity contribution in [1.82, 2.24) is 4.57 Å². The average molecular weight is 558 g/mol. The Balaban J connectivity index is 1.53. The van der Waals surface area contributed by atoms with Gasteiger partial charge in [-0.1, -0.05) is 32.3 Å². The topological polar surface area (TPSA) is 84.6 Å². The van der Waals surface area contributed by atoms with Gasteiger partial charge in [0.05, 0.1) is 18.2 Å². The van der Waals surface area contributed by atoms with Gasteiger partial charge in [-0.2, -0.15) is 5.26 Å². The highest BCUT2D eigenvalue weighted by molar-refractivity contribution is 7.07. The van der Waals surface area contributed by atoms with Crippen molar-refractivity contribution in [3.8, 4) is 11.8 Å². The summed E-state index contributed by atoms with van der Waals surface area (Å²) in [5, 5.41) is 9.78. The lowest BCUT2D eigenvalue weighted by Gasteiger charge is -2.27. The zero-order valence-corrected chi connectivity index (χ0v) is 24.1. The molecule has 1 aromatic heterocycles. The van der Waals surface area contributed by atoms with Crippen LogP contribution in [0.4, 0.5) is 11.4 Å². The summed E-state index contributed by atoms with van der Waals surface area (Å²) in [4.78, 5) is 28.5. The predicted octanol–water partition coefficient (Wildman–Crippen LogP) is 4.96. The van der Waals surface area contributed by atoms with Gasteiger partial charge in [0.25, 0.3) is 5.56 Å². The number of esters is 1. The normalized spacial score (nSPS) is 18.8. The molecule has 2 atom stereocenters. The second kappa shape index (κ2) is 12.1. The number of benzene rings is 2. The van der Waals surface area contributed by atoms with E-state index in [1.807, 2.05) is 37.3 Å². The number of anilines is 2. The number of aromatic nitrogens is 1. The lowest BCUT2D eigenvalue weighted by atomic mass is 9.96. The maximum absolute atomic E-state index is 13.3. The smallest absolute Gasteiger partial charge is 0.351 e. The molecule has 2 aliphatic rings. The van der Waals surface area contributed by atoms with E-state index < -0.39 is 5.97 Å². The number of fused-ring (bicyclic) bond motifs is 3. The van der Waals surface area contributed by atoms with Gasteiger partial charge >= 0.3 is 5.97 Å².